The summed E-state index contributed by atoms with van der Waals surface area (Å²) in [5, 5.41) is 10.0. The molecule has 0 radical (unpaired) electrons. The Morgan fingerprint density at radius 1 is 1.12 bits per heavy atom. The molecule has 26 heavy (non-hydrogen) atoms. The number of aliphatic imine (C=N–C) groups is 1. The van der Waals surface area contributed by atoms with E-state index < -0.39 is 0 Å². The van der Waals surface area contributed by atoms with Gasteiger partial charge in [0.2, 0.25) is 5.91 Å². The fourth-order valence-corrected chi connectivity index (χ4v) is 3.02. The molecule has 146 valence electrons. The molecule has 0 saturated carbocycles. The van der Waals surface area contributed by atoms with Gasteiger partial charge in [0.15, 0.2) is 5.96 Å². The largest absolute Gasteiger partial charge is 0.357 e. The molecule has 0 aliphatic rings. The standard InChI is InChI=1S/C19H32ClN5O/c1-5-21-19(23-13-12-22-15(4)26)24-14-18(25(6-2)7-3)16-10-8-9-11-17(16)20/h8-11,18H,5-7,12-14H2,1-4H3,(H,22,26)(H2,21,23,24). The third kappa shape index (κ3) is 7.62. The van der Waals surface area contributed by atoms with Crippen molar-refractivity contribution in [2.75, 3.05) is 39.3 Å². The van der Waals surface area contributed by atoms with Crippen molar-refractivity contribution >= 4 is 23.5 Å². The van der Waals surface area contributed by atoms with Crippen molar-refractivity contribution in [3.05, 3.63) is 34.9 Å². The molecule has 0 aliphatic heterocycles. The van der Waals surface area contributed by atoms with Crippen LogP contribution in [0, 0.1) is 0 Å². The summed E-state index contributed by atoms with van der Waals surface area (Å²) >= 11 is 6.44. The number of carbonyl (C=O) groups excluding carboxylic acids is 1. The maximum absolute atomic E-state index is 11.0. The van der Waals surface area contributed by atoms with Gasteiger partial charge in [0.1, 0.15) is 0 Å². The van der Waals surface area contributed by atoms with E-state index in [4.69, 9.17) is 16.6 Å². The molecule has 6 nitrogen and oxygen atoms in total. The topological polar surface area (TPSA) is 68.8 Å². The Bertz CT molecular complexity index is 575. The first-order chi connectivity index (χ1) is 12.5. The molecular formula is C19H32ClN5O. The predicted molar refractivity (Wildman–Crippen MR) is 110 cm³/mol. The van der Waals surface area contributed by atoms with Crippen LogP contribution >= 0.6 is 11.6 Å². The Morgan fingerprint density at radius 2 is 1.77 bits per heavy atom. The maximum Gasteiger partial charge on any atom is 0.216 e. The first-order valence-corrected chi connectivity index (χ1v) is 9.66. The van der Waals surface area contributed by atoms with Crippen molar-refractivity contribution in [2.24, 2.45) is 4.99 Å². The molecule has 1 unspecified atom stereocenters. The Morgan fingerprint density at radius 3 is 2.35 bits per heavy atom. The number of benzene rings is 1. The summed E-state index contributed by atoms with van der Waals surface area (Å²) in [4.78, 5) is 18.1. The van der Waals surface area contributed by atoms with Crippen molar-refractivity contribution < 1.29 is 4.79 Å². The van der Waals surface area contributed by atoms with Crippen molar-refractivity contribution in [1.82, 2.24) is 20.9 Å². The van der Waals surface area contributed by atoms with Crippen LogP contribution < -0.4 is 16.0 Å². The summed E-state index contributed by atoms with van der Waals surface area (Å²) in [6, 6.07) is 8.07. The van der Waals surface area contributed by atoms with E-state index in [1.165, 1.54) is 6.92 Å². The number of likely N-dealkylation sites (N-methyl/N-ethyl adjacent to an activating group) is 1. The van der Waals surface area contributed by atoms with Crippen molar-refractivity contribution in [3.8, 4) is 0 Å². The fourth-order valence-electron chi connectivity index (χ4n) is 2.76. The molecule has 0 saturated heterocycles. The van der Waals surface area contributed by atoms with Crippen molar-refractivity contribution in [3.63, 3.8) is 0 Å². The maximum atomic E-state index is 11.0. The molecule has 0 aliphatic carbocycles. The molecule has 1 aromatic rings. The summed E-state index contributed by atoms with van der Waals surface area (Å²) in [6.07, 6.45) is 0. The van der Waals surface area contributed by atoms with Crippen LogP contribution in [0.1, 0.15) is 39.3 Å². The van der Waals surface area contributed by atoms with Crippen LogP contribution in [-0.2, 0) is 4.79 Å². The van der Waals surface area contributed by atoms with E-state index in [1.54, 1.807) is 0 Å². The van der Waals surface area contributed by atoms with Gasteiger partial charge in [-0.3, -0.25) is 14.7 Å². The normalized spacial score (nSPS) is 12.8. The van der Waals surface area contributed by atoms with Gasteiger partial charge >= 0.3 is 0 Å². The zero-order valence-corrected chi connectivity index (χ0v) is 17.1. The Labute approximate surface area is 162 Å². The summed E-state index contributed by atoms with van der Waals surface area (Å²) in [5.74, 6) is 0.705. The minimum absolute atomic E-state index is 0.0333. The van der Waals surface area contributed by atoms with E-state index in [0.717, 1.165) is 36.2 Å². The van der Waals surface area contributed by atoms with Gasteiger partial charge in [0.05, 0.1) is 12.6 Å². The molecule has 1 rings (SSSR count). The zero-order valence-electron chi connectivity index (χ0n) is 16.3. The van der Waals surface area contributed by atoms with Crippen LogP contribution in [0.4, 0.5) is 0 Å². The third-order valence-electron chi connectivity index (χ3n) is 4.08. The number of rotatable bonds is 10. The van der Waals surface area contributed by atoms with Crippen LogP contribution in [0.2, 0.25) is 5.02 Å². The van der Waals surface area contributed by atoms with E-state index >= 15 is 0 Å². The van der Waals surface area contributed by atoms with Crippen molar-refractivity contribution in [1.29, 1.82) is 0 Å². The summed E-state index contributed by atoms with van der Waals surface area (Å²) in [5.41, 5.74) is 1.09. The Hall–Kier alpha value is -1.79. The molecule has 0 fully saturated rings. The highest BCUT2D eigenvalue weighted by molar-refractivity contribution is 6.31. The second kappa shape index (κ2) is 12.5. The van der Waals surface area contributed by atoms with Gasteiger partial charge in [-0.05, 0) is 31.6 Å². The second-order valence-electron chi connectivity index (χ2n) is 5.89. The van der Waals surface area contributed by atoms with Crippen LogP contribution in [0.25, 0.3) is 0 Å². The highest BCUT2D eigenvalue weighted by Gasteiger charge is 2.20. The molecule has 0 aromatic heterocycles. The highest BCUT2D eigenvalue weighted by Crippen LogP contribution is 2.27. The van der Waals surface area contributed by atoms with Gasteiger partial charge in [-0.25, -0.2) is 0 Å². The molecule has 0 heterocycles. The molecule has 0 spiro atoms. The number of carbonyl (C=O) groups is 1. The monoisotopic (exact) mass is 381 g/mol. The number of hydrogen-bond acceptors (Lipinski definition) is 3. The first-order valence-electron chi connectivity index (χ1n) is 9.28. The fraction of sp³-hybridized carbons (Fsp3) is 0.579. The molecule has 3 N–H and O–H groups in total. The van der Waals surface area contributed by atoms with Gasteiger partial charge in [-0.15, -0.1) is 0 Å². The Kier molecular flexibility index (Phi) is 10.7. The predicted octanol–water partition coefficient (Wildman–Crippen LogP) is 2.41. The molecule has 1 atom stereocenters. The lowest BCUT2D eigenvalue weighted by atomic mass is 10.1. The average Bonchev–Trinajstić information content (AvgIpc) is 2.62. The minimum atomic E-state index is -0.0333. The van der Waals surface area contributed by atoms with E-state index in [1.807, 2.05) is 25.1 Å². The Balaban J connectivity index is 2.87. The highest BCUT2D eigenvalue weighted by atomic mass is 35.5. The number of nitrogens with one attached hydrogen (secondary N) is 3. The molecular weight excluding hydrogens is 350 g/mol. The van der Waals surface area contributed by atoms with E-state index in [0.29, 0.717) is 19.6 Å². The van der Waals surface area contributed by atoms with E-state index in [2.05, 4.69) is 40.8 Å². The quantitative estimate of drug-likeness (QED) is 0.331. The number of hydrogen-bond donors (Lipinski definition) is 3. The summed E-state index contributed by atoms with van der Waals surface area (Å²) < 4.78 is 0. The van der Waals surface area contributed by atoms with Crippen LogP contribution in [0.15, 0.2) is 29.3 Å². The van der Waals surface area contributed by atoms with Gasteiger partial charge in [-0.1, -0.05) is 43.6 Å². The average molecular weight is 382 g/mol. The molecule has 7 heteroatoms. The first kappa shape index (κ1) is 22.3. The smallest absolute Gasteiger partial charge is 0.216 e. The number of guanidine groups is 1. The lowest BCUT2D eigenvalue weighted by molar-refractivity contribution is -0.118. The minimum Gasteiger partial charge on any atom is -0.357 e. The van der Waals surface area contributed by atoms with Gasteiger partial charge in [0.25, 0.3) is 0 Å². The zero-order chi connectivity index (χ0) is 19.4. The van der Waals surface area contributed by atoms with Crippen molar-refractivity contribution in [2.45, 2.75) is 33.7 Å². The molecule has 0 bridgehead atoms. The molecule has 1 amide bonds. The lowest BCUT2D eigenvalue weighted by Crippen LogP contribution is -2.42. The van der Waals surface area contributed by atoms with Gasteiger partial charge in [0, 0.05) is 31.6 Å². The van der Waals surface area contributed by atoms with E-state index in [-0.39, 0.29) is 11.9 Å². The molecule has 1 aromatic carbocycles. The summed E-state index contributed by atoms with van der Waals surface area (Å²) in [6.45, 7) is 12.2. The van der Waals surface area contributed by atoms with Crippen LogP contribution in [0.3, 0.4) is 0 Å². The van der Waals surface area contributed by atoms with E-state index in [9.17, 15) is 4.79 Å². The second-order valence-corrected chi connectivity index (χ2v) is 6.30. The van der Waals surface area contributed by atoms with Crippen LogP contribution in [0.5, 0.6) is 0 Å². The summed E-state index contributed by atoms with van der Waals surface area (Å²) in [7, 11) is 0. The van der Waals surface area contributed by atoms with Gasteiger partial charge < -0.3 is 16.0 Å². The van der Waals surface area contributed by atoms with Crippen LogP contribution in [-0.4, -0.2) is 56.0 Å². The number of halogens is 1. The lowest BCUT2D eigenvalue weighted by Gasteiger charge is -2.29. The SMILES string of the molecule is CCNC(=NCC(c1ccccc1Cl)N(CC)CC)NCCNC(C)=O. The number of nitrogens with zero attached hydrogens (tertiary/aromatic N) is 2. The third-order valence-corrected chi connectivity index (χ3v) is 4.42. The van der Waals surface area contributed by atoms with Gasteiger partial charge in [-0.2, -0.15) is 0 Å². The number of amides is 1.